The number of hydrogen-bond acceptors (Lipinski definition) is 6. The first-order chi connectivity index (χ1) is 14.0. The second kappa shape index (κ2) is 8.28. The molecule has 0 radical (unpaired) electrons. The minimum absolute atomic E-state index is 0.0456. The van der Waals surface area contributed by atoms with Crippen LogP contribution in [0, 0.1) is 0 Å². The van der Waals surface area contributed by atoms with Gasteiger partial charge in [0.05, 0.1) is 11.3 Å². The van der Waals surface area contributed by atoms with Crippen molar-refractivity contribution < 1.29 is 8.42 Å². The van der Waals surface area contributed by atoms with Gasteiger partial charge < -0.3 is 5.32 Å². The van der Waals surface area contributed by atoms with E-state index in [-0.39, 0.29) is 5.75 Å². The van der Waals surface area contributed by atoms with E-state index in [2.05, 4.69) is 15.0 Å². The molecule has 2 aromatic carbocycles. The summed E-state index contributed by atoms with van der Waals surface area (Å²) in [6, 6.07) is 17.4. The molecule has 29 heavy (non-hydrogen) atoms. The molecule has 4 aromatic rings. The molecule has 2 heterocycles. The summed E-state index contributed by atoms with van der Waals surface area (Å²) in [5.74, 6) is 1.39. The molecule has 0 spiro atoms. The zero-order valence-corrected chi connectivity index (χ0v) is 17.4. The monoisotopic (exact) mass is 424 g/mol. The van der Waals surface area contributed by atoms with Gasteiger partial charge in [-0.2, -0.15) is 11.3 Å². The van der Waals surface area contributed by atoms with Crippen molar-refractivity contribution in [3.8, 4) is 11.4 Å². The maximum absolute atomic E-state index is 11.8. The van der Waals surface area contributed by atoms with Gasteiger partial charge in [-0.25, -0.2) is 23.1 Å². The second-order valence-corrected chi connectivity index (χ2v) is 9.27. The quantitative estimate of drug-likeness (QED) is 0.468. The smallest absolute Gasteiger partial charge is 0.215 e. The van der Waals surface area contributed by atoms with E-state index in [9.17, 15) is 8.42 Å². The molecule has 0 saturated heterocycles. The average molecular weight is 425 g/mol. The van der Waals surface area contributed by atoms with E-state index >= 15 is 0 Å². The highest BCUT2D eigenvalue weighted by molar-refractivity contribution is 7.88. The number of nitrogens with zero attached hydrogens (tertiary/aromatic N) is 2. The van der Waals surface area contributed by atoms with Crippen molar-refractivity contribution in [1.29, 1.82) is 0 Å². The summed E-state index contributed by atoms with van der Waals surface area (Å²) >= 11 is 1.61. The van der Waals surface area contributed by atoms with E-state index in [1.54, 1.807) is 11.3 Å². The topological polar surface area (TPSA) is 84.0 Å². The van der Waals surface area contributed by atoms with Crippen molar-refractivity contribution in [3.05, 3.63) is 76.5 Å². The average Bonchev–Trinajstić information content (AvgIpc) is 3.27. The van der Waals surface area contributed by atoms with Gasteiger partial charge in [0.25, 0.3) is 0 Å². The maximum Gasteiger partial charge on any atom is 0.215 e. The van der Waals surface area contributed by atoms with Gasteiger partial charge in [-0.15, -0.1) is 0 Å². The number of aromatic nitrogens is 2. The van der Waals surface area contributed by atoms with Crippen LogP contribution < -0.4 is 10.0 Å². The number of benzene rings is 2. The van der Waals surface area contributed by atoms with Crippen LogP contribution in [-0.2, 0) is 22.3 Å². The lowest BCUT2D eigenvalue weighted by Crippen LogP contribution is -2.20. The third kappa shape index (κ3) is 4.61. The summed E-state index contributed by atoms with van der Waals surface area (Å²) in [7, 11) is -1.88. The van der Waals surface area contributed by atoms with Crippen molar-refractivity contribution in [3.63, 3.8) is 0 Å². The summed E-state index contributed by atoms with van der Waals surface area (Å²) in [5, 5.41) is 8.38. The Labute approximate surface area is 173 Å². The molecule has 2 aromatic heterocycles. The van der Waals surface area contributed by atoms with E-state index in [0.717, 1.165) is 33.4 Å². The van der Waals surface area contributed by atoms with Gasteiger partial charge in [0.2, 0.25) is 10.0 Å². The number of anilines is 1. The van der Waals surface area contributed by atoms with Crippen LogP contribution in [0.25, 0.3) is 22.3 Å². The lowest BCUT2D eigenvalue weighted by atomic mass is 10.1. The van der Waals surface area contributed by atoms with E-state index in [4.69, 9.17) is 4.98 Å². The van der Waals surface area contributed by atoms with E-state index in [1.807, 2.05) is 65.4 Å². The zero-order chi connectivity index (χ0) is 20.3. The molecule has 0 saturated carbocycles. The minimum atomic E-state index is -3.31. The summed E-state index contributed by atoms with van der Waals surface area (Å²) in [6.07, 6.45) is 0. The first-order valence-electron chi connectivity index (χ1n) is 9.06. The van der Waals surface area contributed by atoms with E-state index < -0.39 is 10.0 Å². The Kier molecular flexibility index (Phi) is 5.57. The maximum atomic E-state index is 11.8. The van der Waals surface area contributed by atoms with Gasteiger partial charge in [0.1, 0.15) is 5.82 Å². The molecule has 0 atom stereocenters. The molecular weight excluding hydrogens is 404 g/mol. The van der Waals surface area contributed by atoms with Crippen LogP contribution >= 0.6 is 11.3 Å². The van der Waals surface area contributed by atoms with Gasteiger partial charge in [0, 0.05) is 22.9 Å². The van der Waals surface area contributed by atoms with E-state index in [1.165, 1.54) is 7.05 Å². The molecule has 8 heteroatoms. The predicted molar refractivity (Wildman–Crippen MR) is 118 cm³/mol. The Morgan fingerprint density at radius 2 is 1.83 bits per heavy atom. The lowest BCUT2D eigenvalue weighted by Gasteiger charge is -2.11. The van der Waals surface area contributed by atoms with Crippen LogP contribution in [0.2, 0.25) is 0 Å². The van der Waals surface area contributed by atoms with Crippen molar-refractivity contribution in [2.75, 3.05) is 12.4 Å². The number of hydrogen-bond donors (Lipinski definition) is 2. The van der Waals surface area contributed by atoms with Crippen LogP contribution in [0.5, 0.6) is 0 Å². The van der Waals surface area contributed by atoms with Crippen LogP contribution in [0.4, 0.5) is 5.82 Å². The SMILES string of the molecule is CNS(=O)(=O)Cc1cccc(CNc2nc(-c3ccsc3)nc3ccccc23)c1. The van der Waals surface area contributed by atoms with Gasteiger partial charge in [-0.3, -0.25) is 0 Å². The highest BCUT2D eigenvalue weighted by Gasteiger charge is 2.11. The molecule has 148 valence electrons. The van der Waals surface area contributed by atoms with Crippen LogP contribution in [-0.4, -0.2) is 25.4 Å². The summed E-state index contributed by atoms with van der Waals surface area (Å²) in [5.41, 5.74) is 3.59. The molecule has 6 nitrogen and oxygen atoms in total. The fourth-order valence-electron chi connectivity index (χ4n) is 3.04. The van der Waals surface area contributed by atoms with Crippen molar-refractivity contribution in [2.45, 2.75) is 12.3 Å². The summed E-state index contributed by atoms with van der Waals surface area (Å²) in [4.78, 5) is 9.41. The van der Waals surface area contributed by atoms with Gasteiger partial charge in [-0.1, -0.05) is 36.4 Å². The first-order valence-corrected chi connectivity index (χ1v) is 11.7. The summed E-state index contributed by atoms with van der Waals surface area (Å²) in [6.45, 7) is 0.525. The number of rotatable bonds is 7. The largest absolute Gasteiger partial charge is 0.365 e. The van der Waals surface area contributed by atoms with Crippen molar-refractivity contribution in [1.82, 2.24) is 14.7 Å². The minimum Gasteiger partial charge on any atom is -0.365 e. The van der Waals surface area contributed by atoms with Gasteiger partial charge in [0.15, 0.2) is 5.82 Å². The Hall–Kier alpha value is -2.81. The zero-order valence-electron chi connectivity index (χ0n) is 15.8. The first kappa shape index (κ1) is 19.5. The Morgan fingerprint density at radius 3 is 2.62 bits per heavy atom. The Bertz CT molecular complexity index is 1240. The molecule has 0 aliphatic rings. The molecule has 0 bridgehead atoms. The van der Waals surface area contributed by atoms with Crippen molar-refractivity contribution in [2.24, 2.45) is 0 Å². The predicted octanol–water partition coefficient (Wildman–Crippen LogP) is 4.02. The Balaban J connectivity index is 1.62. The third-order valence-electron chi connectivity index (χ3n) is 4.50. The third-order valence-corrected chi connectivity index (χ3v) is 6.52. The molecule has 0 aliphatic carbocycles. The number of sulfonamides is 1. The highest BCUT2D eigenvalue weighted by Crippen LogP contribution is 2.26. The molecule has 0 aliphatic heterocycles. The number of nitrogens with one attached hydrogen (secondary N) is 2. The van der Waals surface area contributed by atoms with Crippen LogP contribution in [0.15, 0.2) is 65.4 Å². The second-order valence-electron chi connectivity index (χ2n) is 6.56. The summed E-state index contributed by atoms with van der Waals surface area (Å²) < 4.78 is 26.0. The van der Waals surface area contributed by atoms with Crippen LogP contribution in [0.1, 0.15) is 11.1 Å². The molecule has 0 unspecified atom stereocenters. The highest BCUT2D eigenvalue weighted by atomic mass is 32.2. The van der Waals surface area contributed by atoms with Crippen molar-refractivity contribution >= 4 is 38.1 Å². The fourth-order valence-corrected chi connectivity index (χ4v) is 4.44. The van der Waals surface area contributed by atoms with Gasteiger partial charge in [-0.05, 0) is 41.8 Å². The molecular formula is C21H20N4O2S2. The fraction of sp³-hybridized carbons (Fsp3) is 0.143. The number of para-hydroxylation sites is 1. The Morgan fingerprint density at radius 1 is 1.00 bits per heavy atom. The van der Waals surface area contributed by atoms with Crippen LogP contribution in [0.3, 0.4) is 0 Å². The van der Waals surface area contributed by atoms with Gasteiger partial charge >= 0.3 is 0 Å². The molecule has 0 fully saturated rings. The lowest BCUT2D eigenvalue weighted by molar-refractivity contribution is 0.587. The molecule has 0 amide bonds. The molecule has 4 rings (SSSR count). The normalized spacial score (nSPS) is 11.6. The number of fused-ring (bicyclic) bond motifs is 1. The molecule has 2 N–H and O–H groups in total. The number of thiophene rings is 1. The standard InChI is InChI=1S/C21H20N4O2S2/c1-22-29(26,27)14-16-6-4-5-15(11-16)12-23-21-18-7-2-3-8-19(18)24-20(25-21)17-9-10-28-13-17/h2-11,13,22H,12,14H2,1H3,(H,23,24,25). The van der Waals surface area contributed by atoms with E-state index in [0.29, 0.717) is 12.4 Å².